The van der Waals surface area contributed by atoms with Gasteiger partial charge in [0, 0.05) is 17.9 Å². The standard InChI is InChI=1S/C14H15FN2O2S2/c15-11-6-5-10(9-12(11)16)17-13(18)3-2-8-21(19)14-4-1-7-20-14/h1,4-7,9H,2-3,8,16H2,(H,17,18). The number of anilines is 2. The molecule has 1 atom stereocenters. The number of amides is 1. The zero-order valence-corrected chi connectivity index (χ0v) is 12.8. The highest BCUT2D eigenvalue weighted by atomic mass is 32.2. The van der Waals surface area contributed by atoms with Gasteiger partial charge in [0.15, 0.2) is 0 Å². The summed E-state index contributed by atoms with van der Waals surface area (Å²) in [6.45, 7) is 0. The second-order valence-corrected chi connectivity index (χ2v) is 7.11. The van der Waals surface area contributed by atoms with Crippen LogP contribution in [-0.4, -0.2) is 15.9 Å². The summed E-state index contributed by atoms with van der Waals surface area (Å²) in [7, 11) is -1.05. The van der Waals surface area contributed by atoms with E-state index in [2.05, 4.69) is 5.32 Å². The molecule has 3 N–H and O–H groups in total. The molecule has 0 fully saturated rings. The van der Waals surface area contributed by atoms with E-state index in [0.717, 1.165) is 4.21 Å². The van der Waals surface area contributed by atoms with Gasteiger partial charge in [-0.25, -0.2) is 4.39 Å². The number of hydrogen-bond acceptors (Lipinski definition) is 4. The molecule has 0 saturated carbocycles. The van der Waals surface area contributed by atoms with Crippen LogP contribution in [0.25, 0.3) is 0 Å². The molecule has 1 aromatic heterocycles. The summed E-state index contributed by atoms with van der Waals surface area (Å²) < 4.78 is 25.7. The second kappa shape index (κ2) is 7.33. The Balaban J connectivity index is 1.77. The zero-order valence-electron chi connectivity index (χ0n) is 11.2. The third-order valence-corrected chi connectivity index (χ3v) is 5.49. The molecule has 0 aliphatic heterocycles. The Hall–Kier alpha value is -1.73. The number of carbonyl (C=O) groups excluding carboxylic acids is 1. The van der Waals surface area contributed by atoms with Gasteiger partial charge in [-0.1, -0.05) is 6.07 Å². The third kappa shape index (κ3) is 4.64. The van der Waals surface area contributed by atoms with E-state index in [0.29, 0.717) is 17.9 Å². The van der Waals surface area contributed by atoms with Crippen molar-refractivity contribution in [3.05, 3.63) is 41.5 Å². The Morgan fingerprint density at radius 2 is 2.19 bits per heavy atom. The van der Waals surface area contributed by atoms with Crippen molar-refractivity contribution in [2.75, 3.05) is 16.8 Å². The monoisotopic (exact) mass is 326 g/mol. The molecule has 7 heteroatoms. The second-order valence-electron chi connectivity index (χ2n) is 4.37. The first kappa shape index (κ1) is 15.7. The third-order valence-electron chi connectivity index (χ3n) is 2.73. The minimum Gasteiger partial charge on any atom is -0.396 e. The van der Waals surface area contributed by atoms with E-state index >= 15 is 0 Å². The molecular formula is C14H15FN2O2S2. The predicted molar refractivity (Wildman–Crippen MR) is 84.3 cm³/mol. The number of nitrogens with one attached hydrogen (secondary N) is 1. The number of hydrogen-bond donors (Lipinski definition) is 2. The van der Waals surface area contributed by atoms with Gasteiger partial charge < -0.3 is 11.1 Å². The van der Waals surface area contributed by atoms with E-state index < -0.39 is 16.6 Å². The maximum absolute atomic E-state index is 13.0. The highest BCUT2D eigenvalue weighted by molar-refractivity contribution is 7.87. The average molecular weight is 326 g/mol. The molecule has 1 amide bonds. The van der Waals surface area contributed by atoms with E-state index in [1.807, 2.05) is 17.5 Å². The molecule has 0 aliphatic rings. The topological polar surface area (TPSA) is 72.2 Å². The van der Waals surface area contributed by atoms with Gasteiger partial charge >= 0.3 is 0 Å². The van der Waals surface area contributed by atoms with Crippen molar-refractivity contribution in [3.63, 3.8) is 0 Å². The number of thiophene rings is 1. The number of rotatable bonds is 6. The molecule has 2 aromatic rings. The van der Waals surface area contributed by atoms with Crippen LogP contribution in [0.2, 0.25) is 0 Å². The summed E-state index contributed by atoms with van der Waals surface area (Å²) in [5.74, 6) is -0.275. The number of nitrogens with two attached hydrogens (primary N) is 1. The first-order valence-electron chi connectivity index (χ1n) is 6.33. The fraction of sp³-hybridized carbons (Fsp3) is 0.214. The molecule has 0 spiro atoms. The van der Waals surface area contributed by atoms with Crippen molar-refractivity contribution in [1.82, 2.24) is 0 Å². The Morgan fingerprint density at radius 1 is 1.38 bits per heavy atom. The first-order chi connectivity index (χ1) is 10.1. The summed E-state index contributed by atoms with van der Waals surface area (Å²) >= 11 is 1.45. The summed E-state index contributed by atoms with van der Waals surface area (Å²) in [5, 5.41) is 4.51. The molecule has 4 nitrogen and oxygen atoms in total. The van der Waals surface area contributed by atoms with Gasteiger partial charge in [-0.3, -0.25) is 9.00 Å². The lowest BCUT2D eigenvalue weighted by atomic mass is 10.2. The number of nitrogen functional groups attached to an aromatic ring is 1. The van der Waals surface area contributed by atoms with Crippen LogP contribution in [-0.2, 0) is 15.6 Å². The Labute approximate surface area is 128 Å². The maximum Gasteiger partial charge on any atom is 0.224 e. The van der Waals surface area contributed by atoms with Gasteiger partial charge in [-0.05, 0) is 36.1 Å². The first-order valence-corrected chi connectivity index (χ1v) is 8.53. The molecule has 112 valence electrons. The molecule has 0 bridgehead atoms. The van der Waals surface area contributed by atoms with Gasteiger partial charge in [0.2, 0.25) is 5.91 Å². The van der Waals surface area contributed by atoms with Gasteiger partial charge in [0.05, 0.1) is 20.7 Å². The van der Waals surface area contributed by atoms with Crippen molar-refractivity contribution in [2.45, 2.75) is 17.1 Å². The number of benzene rings is 1. The van der Waals surface area contributed by atoms with E-state index in [1.165, 1.54) is 29.5 Å². The average Bonchev–Trinajstić information content (AvgIpc) is 2.97. The van der Waals surface area contributed by atoms with Crippen molar-refractivity contribution in [2.24, 2.45) is 0 Å². The van der Waals surface area contributed by atoms with Gasteiger partial charge in [-0.15, -0.1) is 11.3 Å². The van der Waals surface area contributed by atoms with E-state index in [-0.39, 0.29) is 18.0 Å². The van der Waals surface area contributed by atoms with E-state index in [1.54, 1.807) is 0 Å². The lowest BCUT2D eigenvalue weighted by molar-refractivity contribution is -0.116. The summed E-state index contributed by atoms with van der Waals surface area (Å²) in [5.41, 5.74) is 5.87. The normalized spacial score (nSPS) is 12.0. The van der Waals surface area contributed by atoms with Crippen LogP contribution < -0.4 is 11.1 Å². The van der Waals surface area contributed by atoms with Crippen LogP contribution in [0.1, 0.15) is 12.8 Å². The van der Waals surface area contributed by atoms with Crippen LogP contribution in [0.4, 0.5) is 15.8 Å². The Morgan fingerprint density at radius 3 is 2.86 bits per heavy atom. The van der Waals surface area contributed by atoms with E-state index in [4.69, 9.17) is 5.73 Å². The van der Waals surface area contributed by atoms with Crippen LogP contribution in [0.5, 0.6) is 0 Å². The van der Waals surface area contributed by atoms with Crippen molar-refractivity contribution in [1.29, 1.82) is 0 Å². The van der Waals surface area contributed by atoms with Crippen LogP contribution in [0.3, 0.4) is 0 Å². The quantitative estimate of drug-likeness (QED) is 0.802. The van der Waals surface area contributed by atoms with Gasteiger partial charge in [0.1, 0.15) is 5.82 Å². The summed E-state index contributed by atoms with van der Waals surface area (Å²) in [6, 6.07) is 7.70. The minimum atomic E-state index is -1.05. The fourth-order valence-electron chi connectivity index (χ4n) is 1.70. The van der Waals surface area contributed by atoms with Crippen molar-refractivity contribution in [3.8, 4) is 0 Å². The molecular weight excluding hydrogens is 311 g/mol. The Bertz CT molecular complexity index is 644. The van der Waals surface area contributed by atoms with Crippen molar-refractivity contribution < 1.29 is 13.4 Å². The SMILES string of the molecule is Nc1cc(NC(=O)CCCS(=O)c2cccs2)ccc1F. The lowest BCUT2D eigenvalue weighted by Crippen LogP contribution is -2.12. The smallest absolute Gasteiger partial charge is 0.224 e. The summed E-state index contributed by atoms with van der Waals surface area (Å²) in [4.78, 5) is 11.7. The van der Waals surface area contributed by atoms with Crippen LogP contribution in [0, 0.1) is 5.82 Å². The largest absolute Gasteiger partial charge is 0.396 e. The molecule has 0 saturated heterocycles. The highest BCUT2D eigenvalue weighted by Gasteiger charge is 2.08. The number of halogens is 1. The lowest BCUT2D eigenvalue weighted by Gasteiger charge is -2.06. The van der Waals surface area contributed by atoms with E-state index in [9.17, 15) is 13.4 Å². The number of carbonyl (C=O) groups is 1. The maximum atomic E-state index is 13.0. The van der Waals surface area contributed by atoms with Crippen LogP contribution in [0.15, 0.2) is 39.9 Å². The highest BCUT2D eigenvalue weighted by Crippen LogP contribution is 2.17. The molecule has 0 radical (unpaired) electrons. The minimum absolute atomic E-state index is 0.00778. The van der Waals surface area contributed by atoms with Gasteiger partial charge in [-0.2, -0.15) is 0 Å². The van der Waals surface area contributed by atoms with Crippen molar-refractivity contribution >= 4 is 39.4 Å². The Kier molecular flexibility index (Phi) is 5.46. The molecule has 1 unspecified atom stereocenters. The molecule has 21 heavy (non-hydrogen) atoms. The van der Waals surface area contributed by atoms with Crippen LogP contribution >= 0.6 is 11.3 Å². The zero-order chi connectivity index (χ0) is 15.2. The summed E-state index contributed by atoms with van der Waals surface area (Å²) in [6.07, 6.45) is 0.779. The fourth-order valence-corrected chi connectivity index (χ4v) is 3.83. The van der Waals surface area contributed by atoms with Gasteiger partial charge in [0.25, 0.3) is 0 Å². The molecule has 1 heterocycles. The molecule has 2 rings (SSSR count). The predicted octanol–water partition coefficient (Wildman–Crippen LogP) is 3.00. The molecule has 0 aliphatic carbocycles. The molecule has 1 aromatic carbocycles.